The first-order valence-electron chi connectivity index (χ1n) is 11.1. The van der Waals surface area contributed by atoms with Crippen molar-refractivity contribution in [3.8, 4) is 0 Å². The molecule has 0 radical (unpaired) electrons. The Bertz CT molecular complexity index is 602. The van der Waals surface area contributed by atoms with Crippen molar-refractivity contribution in [1.29, 1.82) is 0 Å². The van der Waals surface area contributed by atoms with Gasteiger partial charge in [0.25, 0.3) is 0 Å². The summed E-state index contributed by atoms with van der Waals surface area (Å²) in [5.74, 6) is -0.887. The second kappa shape index (κ2) is 15.4. The molecule has 0 saturated heterocycles. The number of carbonyl (C=O) groups is 2. The van der Waals surface area contributed by atoms with Crippen molar-refractivity contribution in [2.24, 2.45) is 0 Å². The predicted molar refractivity (Wildman–Crippen MR) is 122 cm³/mol. The molecule has 29 heavy (non-hydrogen) atoms. The number of rotatable bonds is 17. The highest BCUT2D eigenvalue weighted by Gasteiger charge is 2.21. The summed E-state index contributed by atoms with van der Waals surface area (Å²) in [5.41, 5.74) is 2.27. The molecule has 1 rings (SSSR count). The molecule has 1 aromatic rings. The second-order valence-corrected chi connectivity index (χ2v) is 9.21. The zero-order valence-corrected chi connectivity index (χ0v) is 18.9. The molecular formula is C24H38O4S. The molecule has 0 aliphatic heterocycles. The van der Waals surface area contributed by atoms with Crippen LogP contribution >= 0.6 is 11.8 Å². The van der Waals surface area contributed by atoms with E-state index in [-0.39, 0.29) is 18.1 Å². The summed E-state index contributed by atoms with van der Waals surface area (Å²) < 4.78 is 0. The van der Waals surface area contributed by atoms with Gasteiger partial charge in [0, 0.05) is 11.0 Å². The van der Waals surface area contributed by atoms with Crippen molar-refractivity contribution in [1.82, 2.24) is 0 Å². The van der Waals surface area contributed by atoms with Crippen LogP contribution in [-0.2, 0) is 9.59 Å². The Morgan fingerprint density at radius 2 is 1.48 bits per heavy atom. The van der Waals surface area contributed by atoms with Gasteiger partial charge in [-0.15, -0.1) is 0 Å². The SMILES string of the molecule is CCCCCCCCCCC(C)c1ccccc1C(CC(=O)O)SCCC(=O)O. The van der Waals surface area contributed by atoms with Crippen LogP contribution in [0.4, 0.5) is 0 Å². The van der Waals surface area contributed by atoms with Gasteiger partial charge in [-0.3, -0.25) is 9.59 Å². The lowest BCUT2D eigenvalue weighted by atomic mass is 9.89. The summed E-state index contributed by atoms with van der Waals surface area (Å²) in [4.78, 5) is 22.2. The van der Waals surface area contributed by atoms with Crippen molar-refractivity contribution in [2.75, 3.05) is 5.75 Å². The van der Waals surface area contributed by atoms with E-state index in [2.05, 4.69) is 19.9 Å². The molecule has 2 unspecified atom stereocenters. The quantitative estimate of drug-likeness (QED) is 0.263. The Morgan fingerprint density at radius 3 is 2.07 bits per heavy atom. The normalized spacial score (nSPS) is 13.2. The first kappa shape index (κ1) is 25.5. The number of thioether (sulfide) groups is 1. The van der Waals surface area contributed by atoms with E-state index in [9.17, 15) is 14.7 Å². The summed E-state index contributed by atoms with van der Waals surface area (Å²) in [6.45, 7) is 4.46. The van der Waals surface area contributed by atoms with Crippen LogP contribution in [0.3, 0.4) is 0 Å². The van der Waals surface area contributed by atoms with Gasteiger partial charge in [-0.1, -0.05) is 89.5 Å². The third-order valence-corrected chi connectivity index (χ3v) is 6.62. The lowest BCUT2D eigenvalue weighted by Gasteiger charge is -2.22. The Labute approximate surface area is 180 Å². The zero-order valence-electron chi connectivity index (χ0n) is 18.1. The molecule has 164 valence electrons. The molecule has 4 nitrogen and oxygen atoms in total. The van der Waals surface area contributed by atoms with E-state index in [1.54, 1.807) is 0 Å². The summed E-state index contributed by atoms with van der Waals surface area (Å²) in [6, 6.07) is 8.09. The number of hydrogen-bond acceptors (Lipinski definition) is 3. The standard InChI is InChI=1S/C24H38O4S/c1-3-4-5-6-7-8-9-10-13-19(2)20-14-11-12-15-21(20)22(18-24(27)28)29-17-16-23(25)26/h11-12,14-15,19,22H,3-10,13,16-18H2,1-2H3,(H,25,26)(H,27,28). The number of unbranched alkanes of at least 4 members (excludes halogenated alkanes) is 7. The molecule has 0 aromatic heterocycles. The van der Waals surface area contributed by atoms with Crippen LogP contribution in [0.5, 0.6) is 0 Å². The Kier molecular flexibility index (Phi) is 13.5. The lowest BCUT2D eigenvalue weighted by molar-refractivity contribution is -0.137. The second-order valence-electron chi connectivity index (χ2n) is 7.89. The number of aliphatic carboxylic acids is 2. The molecule has 2 atom stereocenters. The van der Waals surface area contributed by atoms with E-state index in [4.69, 9.17) is 5.11 Å². The van der Waals surface area contributed by atoms with Crippen LogP contribution in [0, 0.1) is 0 Å². The third-order valence-electron chi connectivity index (χ3n) is 5.36. The molecule has 0 fully saturated rings. The van der Waals surface area contributed by atoms with Gasteiger partial charge >= 0.3 is 11.9 Å². The van der Waals surface area contributed by atoms with Crippen molar-refractivity contribution in [3.05, 3.63) is 35.4 Å². The van der Waals surface area contributed by atoms with E-state index in [1.807, 2.05) is 18.2 Å². The van der Waals surface area contributed by atoms with Gasteiger partial charge in [-0.25, -0.2) is 0 Å². The Hall–Kier alpha value is -1.49. The van der Waals surface area contributed by atoms with Crippen LogP contribution in [0.2, 0.25) is 0 Å². The number of benzene rings is 1. The van der Waals surface area contributed by atoms with Crippen LogP contribution < -0.4 is 0 Å². The fourth-order valence-corrected chi connectivity index (χ4v) is 4.93. The number of carboxylic acids is 2. The van der Waals surface area contributed by atoms with Crippen LogP contribution in [0.15, 0.2) is 24.3 Å². The van der Waals surface area contributed by atoms with Gasteiger partial charge in [-0.05, 0) is 23.5 Å². The minimum Gasteiger partial charge on any atom is -0.481 e. The minimum atomic E-state index is -0.845. The molecule has 0 amide bonds. The highest BCUT2D eigenvalue weighted by Crippen LogP contribution is 2.38. The Balaban J connectivity index is 2.61. The largest absolute Gasteiger partial charge is 0.481 e. The first-order valence-corrected chi connectivity index (χ1v) is 12.1. The van der Waals surface area contributed by atoms with E-state index >= 15 is 0 Å². The Morgan fingerprint density at radius 1 is 0.897 bits per heavy atom. The topological polar surface area (TPSA) is 74.6 Å². The van der Waals surface area contributed by atoms with Crippen LogP contribution in [0.25, 0.3) is 0 Å². The highest BCUT2D eigenvalue weighted by atomic mass is 32.2. The van der Waals surface area contributed by atoms with E-state index in [0.29, 0.717) is 11.7 Å². The van der Waals surface area contributed by atoms with Gasteiger partial charge in [0.1, 0.15) is 0 Å². The summed E-state index contributed by atoms with van der Waals surface area (Å²) in [5, 5.41) is 18.0. The van der Waals surface area contributed by atoms with Gasteiger partial charge in [-0.2, -0.15) is 11.8 Å². The van der Waals surface area contributed by atoms with Gasteiger partial charge in [0.2, 0.25) is 0 Å². The number of carboxylic acid groups (broad SMARTS) is 2. The molecule has 5 heteroatoms. The molecule has 0 heterocycles. The zero-order chi connectivity index (χ0) is 21.5. The molecule has 2 N–H and O–H groups in total. The van der Waals surface area contributed by atoms with Gasteiger partial charge in [0.05, 0.1) is 12.8 Å². The average Bonchev–Trinajstić information content (AvgIpc) is 2.68. The molecule has 0 aliphatic carbocycles. The van der Waals surface area contributed by atoms with Crippen molar-refractivity contribution in [2.45, 2.75) is 95.6 Å². The minimum absolute atomic E-state index is 0.0196. The smallest absolute Gasteiger partial charge is 0.304 e. The fourth-order valence-electron chi connectivity index (χ4n) is 3.70. The molecule has 0 saturated carbocycles. The van der Waals surface area contributed by atoms with E-state index in [0.717, 1.165) is 12.0 Å². The summed E-state index contributed by atoms with van der Waals surface area (Å²) in [6.07, 6.45) is 11.6. The maximum atomic E-state index is 11.4. The molecular weight excluding hydrogens is 384 g/mol. The molecule has 0 bridgehead atoms. The van der Waals surface area contributed by atoms with E-state index < -0.39 is 11.9 Å². The van der Waals surface area contributed by atoms with Gasteiger partial charge < -0.3 is 10.2 Å². The maximum Gasteiger partial charge on any atom is 0.304 e. The van der Waals surface area contributed by atoms with Crippen LogP contribution in [0.1, 0.15) is 107 Å². The predicted octanol–water partition coefficient (Wildman–Crippen LogP) is 7.04. The van der Waals surface area contributed by atoms with Gasteiger partial charge in [0.15, 0.2) is 0 Å². The lowest BCUT2D eigenvalue weighted by Crippen LogP contribution is -2.09. The van der Waals surface area contributed by atoms with Crippen molar-refractivity contribution >= 4 is 23.7 Å². The average molecular weight is 423 g/mol. The van der Waals surface area contributed by atoms with E-state index in [1.165, 1.54) is 68.7 Å². The molecule has 0 spiro atoms. The van der Waals surface area contributed by atoms with Crippen molar-refractivity contribution in [3.63, 3.8) is 0 Å². The maximum absolute atomic E-state index is 11.4. The highest BCUT2D eigenvalue weighted by molar-refractivity contribution is 7.99. The van der Waals surface area contributed by atoms with Crippen molar-refractivity contribution < 1.29 is 19.8 Å². The molecule has 0 aliphatic rings. The van der Waals surface area contributed by atoms with Crippen LogP contribution in [-0.4, -0.2) is 27.9 Å². The first-order chi connectivity index (χ1) is 14.0. The molecule has 1 aromatic carbocycles. The fraction of sp³-hybridized carbons (Fsp3) is 0.667. The summed E-state index contributed by atoms with van der Waals surface area (Å²) in [7, 11) is 0. The number of hydrogen-bond donors (Lipinski definition) is 2. The monoisotopic (exact) mass is 422 g/mol. The third kappa shape index (κ3) is 11.3. The summed E-state index contributed by atoms with van der Waals surface area (Å²) >= 11 is 1.44.